The molecule has 1 aliphatic rings. The van der Waals surface area contributed by atoms with E-state index >= 15 is 0 Å². The van der Waals surface area contributed by atoms with E-state index in [1.165, 1.54) is 12.8 Å². The van der Waals surface area contributed by atoms with Crippen molar-refractivity contribution in [1.82, 2.24) is 10.3 Å². The maximum absolute atomic E-state index is 11.9. The van der Waals surface area contributed by atoms with E-state index in [2.05, 4.69) is 15.6 Å². The van der Waals surface area contributed by atoms with Crippen molar-refractivity contribution in [3.63, 3.8) is 0 Å². The first-order valence-corrected chi connectivity index (χ1v) is 6.85. The number of aromatic nitrogens is 1. The van der Waals surface area contributed by atoms with Crippen LogP contribution in [-0.4, -0.2) is 37.2 Å². The van der Waals surface area contributed by atoms with E-state index < -0.39 is 0 Å². The molecule has 0 spiro atoms. The van der Waals surface area contributed by atoms with Crippen LogP contribution in [0, 0.1) is 5.92 Å². The number of nitrogens with zero attached hydrogens (tertiary/aromatic N) is 1. The molecule has 0 unspecified atom stereocenters. The van der Waals surface area contributed by atoms with E-state index in [1.54, 1.807) is 12.3 Å². The van der Waals surface area contributed by atoms with Crippen LogP contribution in [0.3, 0.4) is 0 Å². The maximum Gasteiger partial charge on any atom is 0.270 e. The van der Waals surface area contributed by atoms with Gasteiger partial charge >= 0.3 is 0 Å². The number of nitrogens with one attached hydrogen (secondary N) is 2. The molecule has 1 saturated carbocycles. The molecule has 5 nitrogen and oxygen atoms in total. The minimum atomic E-state index is -0.158. The molecule has 2 rings (SSSR count). The Morgan fingerprint density at radius 1 is 1.53 bits per heavy atom. The molecule has 104 valence electrons. The van der Waals surface area contributed by atoms with Gasteiger partial charge in [-0.1, -0.05) is 0 Å². The van der Waals surface area contributed by atoms with E-state index in [0.717, 1.165) is 24.8 Å². The van der Waals surface area contributed by atoms with Gasteiger partial charge in [-0.3, -0.25) is 9.78 Å². The van der Waals surface area contributed by atoms with E-state index in [1.807, 2.05) is 13.0 Å². The summed E-state index contributed by atoms with van der Waals surface area (Å²) in [5.41, 5.74) is 1.34. The smallest absolute Gasteiger partial charge is 0.270 e. The number of hydrogen-bond donors (Lipinski definition) is 2. The second-order valence-electron chi connectivity index (χ2n) is 4.73. The third-order valence-corrected chi connectivity index (χ3v) is 2.96. The lowest BCUT2D eigenvalue weighted by molar-refractivity contribution is 0.0902. The molecule has 2 N–H and O–H groups in total. The molecule has 5 heteroatoms. The Balaban J connectivity index is 1.70. The van der Waals surface area contributed by atoms with Gasteiger partial charge in [-0.2, -0.15) is 0 Å². The predicted octanol–water partition coefficient (Wildman–Crippen LogP) is 1.67. The molecule has 0 bridgehead atoms. The highest BCUT2D eigenvalue weighted by atomic mass is 16.5. The van der Waals surface area contributed by atoms with Crippen LogP contribution in [0.25, 0.3) is 0 Å². The maximum atomic E-state index is 11.9. The monoisotopic (exact) mass is 263 g/mol. The number of carbonyl (C=O) groups excluding carboxylic acids is 1. The first-order chi connectivity index (χ1) is 9.29. The van der Waals surface area contributed by atoms with Crippen molar-refractivity contribution in [3.8, 4) is 0 Å². The topological polar surface area (TPSA) is 63.2 Å². The Labute approximate surface area is 113 Å². The molecule has 1 heterocycles. The Kier molecular flexibility index (Phi) is 5.15. The van der Waals surface area contributed by atoms with Gasteiger partial charge < -0.3 is 15.4 Å². The number of pyridine rings is 1. The molecule has 0 aromatic carbocycles. The molecular weight excluding hydrogens is 242 g/mol. The van der Waals surface area contributed by atoms with E-state index in [9.17, 15) is 4.79 Å². The molecule has 0 aliphatic heterocycles. The number of amides is 1. The molecule has 1 fully saturated rings. The Morgan fingerprint density at radius 2 is 2.37 bits per heavy atom. The highest BCUT2D eigenvalue weighted by Gasteiger charge is 2.20. The summed E-state index contributed by atoms with van der Waals surface area (Å²) in [7, 11) is 0. The fourth-order valence-corrected chi connectivity index (χ4v) is 1.73. The fraction of sp³-hybridized carbons (Fsp3) is 0.571. The molecule has 0 saturated heterocycles. The van der Waals surface area contributed by atoms with Crippen molar-refractivity contribution < 1.29 is 9.53 Å². The Hall–Kier alpha value is -1.62. The largest absolute Gasteiger partial charge is 0.385 e. The highest BCUT2D eigenvalue weighted by molar-refractivity contribution is 5.93. The lowest BCUT2D eigenvalue weighted by atomic mass is 10.3. The van der Waals surface area contributed by atoms with Crippen molar-refractivity contribution in [2.45, 2.75) is 19.8 Å². The second-order valence-corrected chi connectivity index (χ2v) is 4.73. The summed E-state index contributed by atoms with van der Waals surface area (Å²) in [6.07, 6.45) is 4.21. The first kappa shape index (κ1) is 13.8. The number of ether oxygens (including phenoxy) is 1. The number of rotatable bonds is 8. The molecule has 1 amide bonds. The van der Waals surface area contributed by atoms with Crippen molar-refractivity contribution in [3.05, 3.63) is 24.0 Å². The van der Waals surface area contributed by atoms with E-state index in [4.69, 9.17) is 4.74 Å². The minimum Gasteiger partial charge on any atom is -0.385 e. The zero-order chi connectivity index (χ0) is 13.5. The van der Waals surface area contributed by atoms with Gasteiger partial charge in [-0.05, 0) is 37.8 Å². The summed E-state index contributed by atoms with van der Waals surface area (Å²) in [4.78, 5) is 15.9. The number of anilines is 1. The third-order valence-electron chi connectivity index (χ3n) is 2.96. The summed E-state index contributed by atoms with van der Waals surface area (Å²) >= 11 is 0. The second kappa shape index (κ2) is 7.09. The van der Waals surface area contributed by atoms with Crippen LogP contribution in [0.15, 0.2) is 18.3 Å². The first-order valence-electron chi connectivity index (χ1n) is 6.85. The van der Waals surface area contributed by atoms with E-state index in [0.29, 0.717) is 18.8 Å². The van der Waals surface area contributed by atoms with Crippen LogP contribution in [0.4, 0.5) is 5.69 Å². The number of hydrogen-bond acceptors (Lipinski definition) is 4. The summed E-state index contributed by atoms with van der Waals surface area (Å²) in [5, 5.41) is 5.96. The highest BCUT2D eigenvalue weighted by Crippen LogP contribution is 2.28. The molecular formula is C14H21N3O2. The lowest BCUT2D eigenvalue weighted by Crippen LogP contribution is -2.28. The zero-order valence-electron chi connectivity index (χ0n) is 11.3. The van der Waals surface area contributed by atoms with Gasteiger partial charge in [0.1, 0.15) is 5.69 Å². The van der Waals surface area contributed by atoms with Crippen molar-refractivity contribution >= 4 is 11.6 Å². The molecule has 0 radical (unpaired) electrons. The van der Waals surface area contributed by atoms with Crippen LogP contribution in [0.2, 0.25) is 0 Å². The van der Waals surface area contributed by atoms with Crippen LogP contribution < -0.4 is 10.6 Å². The van der Waals surface area contributed by atoms with Gasteiger partial charge in [0.25, 0.3) is 5.91 Å². The van der Waals surface area contributed by atoms with Crippen molar-refractivity contribution in [2.75, 3.05) is 31.6 Å². The number of carbonyl (C=O) groups is 1. The average molecular weight is 263 g/mol. The van der Waals surface area contributed by atoms with Crippen molar-refractivity contribution in [1.29, 1.82) is 0 Å². The summed E-state index contributed by atoms with van der Waals surface area (Å²) < 4.78 is 5.46. The molecule has 19 heavy (non-hydrogen) atoms. The van der Waals surface area contributed by atoms with Gasteiger partial charge in [0.05, 0.1) is 6.61 Å². The molecule has 0 atom stereocenters. The predicted molar refractivity (Wildman–Crippen MR) is 74.3 cm³/mol. The van der Waals surface area contributed by atoms with Gasteiger partial charge in [0.15, 0.2) is 0 Å². The van der Waals surface area contributed by atoms with E-state index in [-0.39, 0.29) is 5.91 Å². The quantitative estimate of drug-likeness (QED) is 0.700. The van der Waals surface area contributed by atoms with Gasteiger partial charge in [0.2, 0.25) is 0 Å². The lowest BCUT2D eigenvalue weighted by Gasteiger charge is -2.07. The third kappa shape index (κ3) is 4.87. The molecule has 1 aromatic rings. The van der Waals surface area contributed by atoms with Crippen LogP contribution in [0.1, 0.15) is 30.3 Å². The zero-order valence-corrected chi connectivity index (χ0v) is 11.3. The van der Waals surface area contributed by atoms with Crippen LogP contribution in [0.5, 0.6) is 0 Å². The van der Waals surface area contributed by atoms with Gasteiger partial charge in [0, 0.05) is 31.6 Å². The van der Waals surface area contributed by atoms with Gasteiger partial charge in [-0.15, -0.1) is 0 Å². The Bertz CT molecular complexity index is 419. The van der Waals surface area contributed by atoms with Crippen molar-refractivity contribution in [2.24, 2.45) is 5.92 Å². The van der Waals surface area contributed by atoms with Crippen LogP contribution >= 0.6 is 0 Å². The SMILES string of the molecule is CCNc1ccnc(C(=O)NCCOCC2CC2)c1. The minimum absolute atomic E-state index is 0.158. The summed E-state index contributed by atoms with van der Waals surface area (Å²) in [6.45, 7) is 4.75. The summed E-state index contributed by atoms with van der Waals surface area (Å²) in [5.74, 6) is 0.601. The normalized spacial score (nSPS) is 14.2. The van der Waals surface area contributed by atoms with Crippen LogP contribution in [-0.2, 0) is 4.74 Å². The molecule has 1 aromatic heterocycles. The molecule has 1 aliphatic carbocycles. The average Bonchev–Trinajstić information content (AvgIpc) is 3.23. The fourth-order valence-electron chi connectivity index (χ4n) is 1.73. The van der Waals surface area contributed by atoms with Gasteiger partial charge in [-0.25, -0.2) is 0 Å². The Morgan fingerprint density at radius 3 is 3.11 bits per heavy atom. The standard InChI is InChI=1S/C14H21N3O2/c1-2-15-12-5-6-16-13(9-12)14(18)17-7-8-19-10-11-3-4-11/h5-6,9,11H,2-4,7-8,10H2,1H3,(H,15,16)(H,17,18). The summed E-state index contributed by atoms with van der Waals surface area (Å²) in [6, 6.07) is 3.60.